The average molecular weight is 292 g/mol. The minimum atomic E-state index is -1.51. The average Bonchev–Trinajstić information content (AvgIpc) is 2.44. The van der Waals surface area contributed by atoms with Crippen molar-refractivity contribution in [2.45, 2.75) is 55.9 Å². The second-order valence-electron chi connectivity index (χ2n) is 4.96. The van der Waals surface area contributed by atoms with Gasteiger partial charge in [0.1, 0.15) is 42.7 Å². The molecular formula is C12H20O8. The van der Waals surface area contributed by atoms with Gasteiger partial charge in [-0.05, 0) is 13.0 Å². The second kappa shape index (κ2) is 6.35. The molecule has 8 nitrogen and oxygen atoms in total. The number of aliphatic hydroxyl groups is 5. The van der Waals surface area contributed by atoms with E-state index < -0.39 is 55.6 Å². The van der Waals surface area contributed by atoms with Gasteiger partial charge >= 0.3 is 0 Å². The first-order valence-corrected chi connectivity index (χ1v) is 6.42. The van der Waals surface area contributed by atoms with E-state index in [4.69, 9.17) is 19.3 Å². The molecule has 8 unspecified atom stereocenters. The van der Waals surface area contributed by atoms with Crippen LogP contribution in [-0.2, 0) is 14.2 Å². The molecule has 0 aromatic heterocycles. The van der Waals surface area contributed by atoms with Gasteiger partial charge in [-0.1, -0.05) is 0 Å². The first-order valence-electron chi connectivity index (χ1n) is 6.42. The van der Waals surface area contributed by atoms with Crippen LogP contribution in [0.1, 0.15) is 6.92 Å². The lowest BCUT2D eigenvalue weighted by Gasteiger charge is -2.41. The van der Waals surface area contributed by atoms with E-state index in [0.29, 0.717) is 0 Å². The summed E-state index contributed by atoms with van der Waals surface area (Å²) in [6.45, 7) is 1.12. The smallest absolute Gasteiger partial charge is 0.187 e. The number of hydrogen-bond donors (Lipinski definition) is 5. The number of rotatable bonds is 3. The zero-order chi connectivity index (χ0) is 14.9. The van der Waals surface area contributed by atoms with Crippen molar-refractivity contribution in [2.75, 3.05) is 6.61 Å². The van der Waals surface area contributed by atoms with E-state index >= 15 is 0 Å². The summed E-state index contributed by atoms with van der Waals surface area (Å²) in [7, 11) is 0. The molecule has 8 atom stereocenters. The van der Waals surface area contributed by atoms with Crippen LogP contribution in [0.4, 0.5) is 0 Å². The van der Waals surface area contributed by atoms with Crippen LogP contribution in [0.15, 0.2) is 12.3 Å². The highest BCUT2D eigenvalue weighted by atomic mass is 16.7. The van der Waals surface area contributed by atoms with Crippen LogP contribution in [0.3, 0.4) is 0 Å². The van der Waals surface area contributed by atoms with Crippen LogP contribution in [0.25, 0.3) is 0 Å². The topological polar surface area (TPSA) is 129 Å². The van der Waals surface area contributed by atoms with E-state index in [0.717, 1.165) is 0 Å². The predicted molar refractivity (Wildman–Crippen MR) is 64.3 cm³/mol. The maximum absolute atomic E-state index is 9.90. The Bertz CT molecular complexity index is 346. The van der Waals surface area contributed by atoms with E-state index in [9.17, 15) is 20.4 Å². The zero-order valence-electron chi connectivity index (χ0n) is 10.9. The second-order valence-corrected chi connectivity index (χ2v) is 4.96. The van der Waals surface area contributed by atoms with E-state index in [1.54, 1.807) is 6.92 Å². The fourth-order valence-electron chi connectivity index (χ4n) is 2.17. The number of ether oxygens (including phenoxy) is 3. The van der Waals surface area contributed by atoms with Crippen molar-refractivity contribution in [3.63, 3.8) is 0 Å². The van der Waals surface area contributed by atoms with Crippen molar-refractivity contribution in [3.8, 4) is 0 Å². The van der Waals surface area contributed by atoms with Crippen LogP contribution in [-0.4, -0.2) is 81.2 Å². The van der Waals surface area contributed by atoms with Gasteiger partial charge in [0.05, 0.1) is 12.9 Å². The van der Waals surface area contributed by atoms with Crippen molar-refractivity contribution in [1.29, 1.82) is 0 Å². The molecule has 116 valence electrons. The molecule has 1 saturated heterocycles. The largest absolute Gasteiger partial charge is 0.496 e. The van der Waals surface area contributed by atoms with E-state index in [1.165, 1.54) is 12.3 Å². The Labute approximate surface area is 115 Å². The molecule has 0 radical (unpaired) electrons. The van der Waals surface area contributed by atoms with Crippen LogP contribution >= 0.6 is 0 Å². The molecule has 1 fully saturated rings. The molecule has 2 heterocycles. The fourth-order valence-corrected chi connectivity index (χ4v) is 2.17. The Balaban J connectivity index is 2.04. The molecule has 2 aliphatic heterocycles. The summed E-state index contributed by atoms with van der Waals surface area (Å²) < 4.78 is 15.7. The van der Waals surface area contributed by atoms with Gasteiger partial charge in [0.2, 0.25) is 0 Å². The normalized spacial score (nSPS) is 48.9. The van der Waals surface area contributed by atoms with Gasteiger partial charge in [0.15, 0.2) is 6.29 Å². The van der Waals surface area contributed by atoms with Crippen LogP contribution in [0.5, 0.6) is 0 Å². The Morgan fingerprint density at radius 1 is 1.05 bits per heavy atom. The Morgan fingerprint density at radius 2 is 1.75 bits per heavy atom. The number of hydrogen-bond acceptors (Lipinski definition) is 8. The SMILES string of the molecule is CC1OC=CC(OC2OC(CO)C(O)C(O)C2O)C1O. The van der Waals surface area contributed by atoms with E-state index in [1.807, 2.05) is 0 Å². The van der Waals surface area contributed by atoms with E-state index in [-0.39, 0.29) is 0 Å². The predicted octanol–water partition coefficient (Wildman–Crippen LogP) is -2.54. The molecule has 0 aromatic carbocycles. The quantitative estimate of drug-likeness (QED) is 0.385. The van der Waals surface area contributed by atoms with Gasteiger partial charge in [0.25, 0.3) is 0 Å². The minimum absolute atomic E-state index is 0.491. The van der Waals surface area contributed by atoms with Crippen molar-refractivity contribution in [2.24, 2.45) is 0 Å². The van der Waals surface area contributed by atoms with Gasteiger partial charge < -0.3 is 39.7 Å². The fraction of sp³-hybridized carbons (Fsp3) is 0.833. The molecule has 0 spiro atoms. The van der Waals surface area contributed by atoms with Crippen LogP contribution in [0.2, 0.25) is 0 Å². The molecule has 0 amide bonds. The van der Waals surface area contributed by atoms with Crippen molar-refractivity contribution in [1.82, 2.24) is 0 Å². The Hall–Kier alpha value is -0.740. The summed E-state index contributed by atoms with van der Waals surface area (Å²) in [5.74, 6) is 0. The maximum atomic E-state index is 9.90. The first kappa shape index (κ1) is 15.6. The molecule has 5 N–H and O–H groups in total. The summed E-state index contributed by atoms with van der Waals surface area (Å²) in [6, 6.07) is 0. The highest BCUT2D eigenvalue weighted by Gasteiger charge is 2.45. The summed E-state index contributed by atoms with van der Waals surface area (Å²) in [4.78, 5) is 0. The van der Waals surface area contributed by atoms with Crippen LogP contribution < -0.4 is 0 Å². The van der Waals surface area contributed by atoms with Gasteiger partial charge in [0, 0.05) is 0 Å². The first-order chi connectivity index (χ1) is 9.45. The molecule has 20 heavy (non-hydrogen) atoms. The molecular weight excluding hydrogens is 272 g/mol. The third-order valence-corrected chi connectivity index (χ3v) is 3.52. The molecule has 2 rings (SSSR count). The molecule has 0 saturated carbocycles. The van der Waals surface area contributed by atoms with Crippen molar-refractivity contribution < 1.29 is 39.7 Å². The van der Waals surface area contributed by atoms with Gasteiger partial charge in [-0.25, -0.2) is 0 Å². The highest BCUT2D eigenvalue weighted by Crippen LogP contribution is 2.25. The van der Waals surface area contributed by atoms with Crippen molar-refractivity contribution >= 4 is 0 Å². The molecule has 8 heteroatoms. The molecule has 0 bridgehead atoms. The maximum Gasteiger partial charge on any atom is 0.187 e. The van der Waals surface area contributed by atoms with Crippen LogP contribution in [0, 0.1) is 0 Å². The molecule has 0 aromatic rings. The lowest BCUT2D eigenvalue weighted by atomic mass is 9.99. The third kappa shape index (κ3) is 2.96. The van der Waals surface area contributed by atoms with Gasteiger partial charge in [-0.15, -0.1) is 0 Å². The minimum Gasteiger partial charge on any atom is -0.496 e. The Kier molecular flexibility index (Phi) is 4.97. The summed E-state index contributed by atoms with van der Waals surface area (Å²) in [5.41, 5.74) is 0. The number of aliphatic hydroxyl groups excluding tert-OH is 5. The standard InChI is InChI=1S/C12H20O8/c1-5-8(14)6(2-3-18-5)19-12-11(17)10(16)9(15)7(4-13)20-12/h2-3,5-17H,4H2,1H3. The van der Waals surface area contributed by atoms with Gasteiger partial charge in [-0.2, -0.15) is 0 Å². The Morgan fingerprint density at radius 3 is 2.40 bits per heavy atom. The summed E-state index contributed by atoms with van der Waals surface area (Å²) in [5, 5.41) is 48.1. The highest BCUT2D eigenvalue weighted by molar-refractivity contribution is 4.98. The summed E-state index contributed by atoms with van der Waals surface area (Å²) in [6.07, 6.45) is -6.20. The lowest BCUT2D eigenvalue weighted by molar-refractivity contribution is -0.315. The summed E-state index contributed by atoms with van der Waals surface area (Å²) >= 11 is 0. The van der Waals surface area contributed by atoms with E-state index in [2.05, 4.69) is 0 Å². The van der Waals surface area contributed by atoms with Gasteiger partial charge in [-0.3, -0.25) is 0 Å². The van der Waals surface area contributed by atoms with Crippen molar-refractivity contribution in [3.05, 3.63) is 12.3 Å². The molecule has 2 aliphatic rings. The zero-order valence-corrected chi connectivity index (χ0v) is 10.9. The molecule has 0 aliphatic carbocycles. The third-order valence-electron chi connectivity index (χ3n) is 3.52. The monoisotopic (exact) mass is 292 g/mol. The lowest BCUT2D eigenvalue weighted by Crippen LogP contribution is -2.60.